The molecule has 1 atom stereocenters. The van der Waals surface area contributed by atoms with Gasteiger partial charge in [-0.25, -0.2) is 0 Å². The topological polar surface area (TPSA) is 75.4 Å². The van der Waals surface area contributed by atoms with Crippen molar-refractivity contribution in [1.29, 1.82) is 0 Å². The van der Waals surface area contributed by atoms with E-state index >= 15 is 0 Å². The van der Waals surface area contributed by atoms with Gasteiger partial charge in [0, 0.05) is 32.0 Å². The van der Waals surface area contributed by atoms with Gasteiger partial charge in [-0.05, 0) is 38.1 Å². The highest BCUT2D eigenvalue weighted by Crippen LogP contribution is 2.17. The zero-order valence-electron chi connectivity index (χ0n) is 14.3. The van der Waals surface area contributed by atoms with Crippen LogP contribution in [0.25, 0.3) is 0 Å². The highest BCUT2D eigenvalue weighted by molar-refractivity contribution is 5.78. The van der Waals surface area contributed by atoms with E-state index in [1.54, 1.807) is 0 Å². The quantitative estimate of drug-likeness (QED) is 0.639. The third-order valence-corrected chi connectivity index (χ3v) is 4.31. The molecule has 1 fully saturated rings. The van der Waals surface area contributed by atoms with Gasteiger partial charge in [-0.3, -0.25) is 9.59 Å². The summed E-state index contributed by atoms with van der Waals surface area (Å²) < 4.78 is 0. The standard InChI is InChI=1S/C17H33N3O2/c1-14(2)17(22)19-12-15-8-7-11-20(13-15)16(21)9-5-3-4-6-10-18/h14-15H,3-13,18H2,1-2H3,(H,19,22). The van der Waals surface area contributed by atoms with Gasteiger partial charge < -0.3 is 16.0 Å². The summed E-state index contributed by atoms with van der Waals surface area (Å²) in [5, 5.41) is 2.99. The zero-order valence-corrected chi connectivity index (χ0v) is 14.3. The number of nitrogens with zero attached hydrogens (tertiary/aromatic N) is 1. The molecule has 5 heteroatoms. The Morgan fingerprint density at radius 1 is 1.23 bits per heavy atom. The van der Waals surface area contributed by atoms with Gasteiger partial charge in [0.05, 0.1) is 0 Å². The Balaban J connectivity index is 2.24. The Morgan fingerprint density at radius 3 is 2.64 bits per heavy atom. The number of carbonyl (C=O) groups is 2. The molecule has 0 aromatic heterocycles. The number of nitrogens with one attached hydrogen (secondary N) is 1. The van der Waals surface area contributed by atoms with Crippen LogP contribution in [0.5, 0.6) is 0 Å². The molecule has 1 heterocycles. The molecule has 1 aliphatic rings. The van der Waals surface area contributed by atoms with E-state index in [1.165, 1.54) is 0 Å². The molecule has 0 spiro atoms. The highest BCUT2D eigenvalue weighted by Gasteiger charge is 2.23. The molecule has 0 aliphatic carbocycles. The van der Waals surface area contributed by atoms with Crippen LogP contribution in [0.3, 0.4) is 0 Å². The van der Waals surface area contributed by atoms with E-state index in [-0.39, 0.29) is 17.7 Å². The summed E-state index contributed by atoms with van der Waals surface area (Å²) in [6, 6.07) is 0. The van der Waals surface area contributed by atoms with Crippen LogP contribution in [-0.4, -0.2) is 42.9 Å². The molecule has 2 amide bonds. The van der Waals surface area contributed by atoms with Crippen molar-refractivity contribution in [1.82, 2.24) is 10.2 Å². The Bertz CT molecular complexity index is 345. The number of hydrogen-bond acceptors (Lipinski definition) is 3. The largest absolute Gasteiger partial charge is 0.356 e. The molecule has 0 aromatic rings. The zero-order chi connectivity index (χ0) is 16.4. The summed E-state index contributed by atoms with van der Waals surface area (Å²) in [5.41, 5.74) is 5.47. The van der Waals surface area contributed by atoms with E-state index in [2.05, 4.69) is 5.32 Å². The number of nitrogens with two attached hydrogens (primary N) is 1. The monoisotopic (exact) mass is 311 g/mol. The van der Waals surface area contributed by atoms with E-state index in [4.69, 9.17) is 5.73 Å². The average molecular weight is 311 g/mol. The number of rotatable bonds is 9. The third-order valence-electron chi connectivity index (χ3n) is 4.31. The SMILES string of the molecule is CC(C)C(=O)NCC1CCCN(C(=O)CCCCCCN)C1. The molecule has 0 aromatic carbocycles. The molecular weight excluding hydrogens is 278 g/mol. The molecule has 1 aliphatic heterocycles. The van der Waals surface area contributed by atoms with Crippen molar-refractivity contribution in [3.05, 3.63) is 0 Å². The van der Waals surface area contributed by atoms with Crippen molar-refractivity contribution in [2.45, 2.75) is 58.8 Å². The van der Waals surface area contributed by atoms with Crippen LogP contribution < -0.4 is 11.1 Å². The van der Waals surface area contributed by atoms with E-state index in [0.29, 0.717) is 18.9 Å². The predicted molar refractivity (Wildman–Crippen MR) is 89.3 cm³/mol. The number of hydrogen-bond donors (Lipinski definition) is 2. The van der Waals surface area contributed by atoms with Crippen LogP contribution >= 0.6 is 0 Å². The normalized spacial score (nSPS) is 18.5. The van der Waals surface area contributed by atoms with Crippen LogP contribution in [0.2, 0.25) is 0 Å². The van der Waals surface area contributed by atoms with E-state index < -0.39 is 0 Å². The molecule has 5 nitrogen and oxygen atoms in total. The second kappa shape index (κ2) is 10.6. The Labute approximate surface area is 135 Å². The third kappa shape index (κ3) is 7.25. The van der Waals surface area contributed by atoms with Crippen molar-refractivity contribution in [3.63, 3.8) is 0 Å². The Kier molecular flexibility index (Phi) is 9.13. The second-order valence-corrected chi connectivity index (χ2v) is 6.70. The van der Waals surface area contributed by atoms with Crippen molar-refractivity contribution in [2.24, 2.45) is 17.6 Å². The fourth-order valence-corrected chi connectivity index (χ4v) is 2.84. The highest BCUT2D eigenvalue weighted by atomic mass is 16.2. The molecule has 1 unspecified atom stereocenters. The maximum Gasteiger partial charge on any atom is 0.222 e. The predicted octanol–water partition coefficient (Wildman–Crippen LogP) is 1.91. The number of likely N-dealkylation sites (tertiary alicyclic amines) is 1. The first-order valence-corrected chi connectivity index (χ1v) is 8.80. The van der Waals surface area contributed by atoms with Gasteiger partial charge in [0.2, 0.25) is 11.8 Å². The number of amides is 2. The Hall–Kier alpha value is -1.10. The lowest BCUT2D eigenvalue weighted by Gasteiger charge is -2.33. The Morgan fingerprint density at radius 2 is 1.95 bits per heavy atom. The van der Waals surface area contributed by atoms with Gasteiger partial charge in [0.25, 0.3) is 0 Å². The van der Waals surface area contributed by atoms with Crippen molar-refractivity contribution in [2.75, 3.05) is 26.2 Å². The molecule has 1 saturated heterocycles. The number of piperidine rings is 1. The van der Waals surface area contributed by atoms with Crippen LogP contribution in [-0.2, 0) is 9.59 Å². The molecule has 0 radical (unpaired) electrons. The van der Waals surface area contributed by atoms with Crippen molar-refractivity contribution < 1.29 is 9.59 Å². The van der Waals surface area contributed by atoms with E-state index in [1.807, 2.05) is 18.7 Å². The molecule has 3 N–H and O–H groups in total. The minimum absolute atomic E-state index is 0.0230. The lowest BCUT2D eigenvalue weighted by molar-refractivity contribution is -0.133. The molecular formula is C17H33N3O2. The second-order valence-electron chi connectivity index (χ2n) is 6.70. The summed E-state index contributed by atoms with van der Waals surface area (Å²) in [4.78, 5) is 25.8. The smallest absolute Gasteiger partial charge is 0.222 e. The summed E-state index contributed by atoms with van der Waals surface area (Å²) >= 11 is 0. The maximum atomic E-state index is 12.2. The maximum absolute atomic E-state index is 12.2. The average Bonchev–Trinajstić information content (AvgIpc) is 2.52. The fraction of sp³-hybridized carbons (Fsp3) is 0.882. The first-order valence-electron chi connectivity index (χ1n) is 8.80. The van der Waals surface area contributed by atoms with Crippen LogP contribution in [0.4, 0.5) is 0 Å². The fourth-order valence-electron chi connectivity index (χ4n) is 2.84. The van der Waals surface area contributed by atoms with E-state index in [9.17, 15) is 9.59 Å². The van der Waals surface area contributed by atoms with Gasteiger partial charge in [-0.2, -0.15) is 0 Å². The van der Waals surface area contributed by atoms with Gasteiger partial charge in [-0.1, -0.05) is 26.7 Å². The van der Waals surface area contributed by atoms with Crippen molar-refractivity contribution >= 4 is 11.8 Å². The number of carbonyl (C=O) groups excluding carboxylic acids is 2. The van der Waals surface area contributed by atoms with E-state index in [0.717, 1.165) is 58.2 Å². The summed E-state index contributed by atoms with van der Waals surface area (Å²) in [6.07, 6.45) is 7.01. The molecule has 0 saturated carbocycles. The molecule has 1 rings (SSSR count). The summed E-state index contributed by atoms with van der Waals surface area (Å²) in [6.45, 7) is 6.89. The summed E-state index contributed by atoms with van der Waals surface area (Å²) in [5.74, 6) is 0.795. The minimum Gasteiger partial charge on any atom is -0.356 e. The minimum atomic E-state index is 0.0230. The number of unbranched alkanes of at least 4 members (excludes halogenated alkanes) is 3. The first-order chi connectivity index (χ1) is 10.5. The lowest BCUT2D eigenvalue weighted by Crippen LogP contribution is -2.44. The van der Waals surface area contributed by atoms with Crippen LogP contribution in [0.1, 0.15) is 58.8 Å². The lowest BCUT2D eigenvalue weighted by atomic mass is 9.97. The van der Waals surface area contributed by atoms with Crippen LogP contribution in [0, 0.1) is 11.8 Å². The van der Waals surface area contributed by atoms with Crippen LogP contribution in [0.15, 0.2) is 0 Å². The summed E-state index contributed by atoms with van der Waals surface area (Å²) in [7, 11) is 0. The van der Waals surface area contributed by atoms with Gasteiger partial charge in [0.1, 0.15) is 0 Å². The van der Waals surface area contributed by atoms with Crippen molar-refractivity contribution in [3.8, 4) is 0 Å². The molecule has 0 bridgehead atoms. The van der Waals surface area contributed by atoms with Gasteiger partial charge >= 0.3 is 0 Å². The van der Waals surface area contributed by atoms with Gasteiger partial charge in [-0.15, -0.1) is 0 Å². The van der Waals surface area contributed by atoms with Gasteiger partial charge in [0.15, 0.2) is 0 Å². The first kappa shape index (κ1) is 18.9. The molecule has 22 heavy (non-hydrogen) atoms. The molecule has 128 valence electrons.